The van der Waals surface area contributed by atoms with Gasteiger partial charge in [-0.2, -0.15) is 5.26 Å². The minimum atomic E-state index is -0.561. The van der Waals surface area contributed by atoms with Crippen molar-refractivity contribution >= 4 is 27.5 Å². The number of rotatable bonds is 13. The van der Waals surface area contributed by atoms with Crippen LogP contribution in [0.1, 0.15) is 5.56 Å². The Bertz CT molecular complexity index is 2070. The number of fused-ring (bicyclic) bond motifs is 2. The molecule has 0 spiro atoms. The molecule has 0 saturated heterocycles. The Kier molecular flexibility index (Phi) is 9.46. The average molecular weight is 624 g/mol. The standard InChI is InChI=1S/C39H29NO7/c1-2-37(41)47-26-44-32-19-17-31(18-20-32)43-25-46-36-22-14-29-8-4-6-10-34(29)39(36)38-33-9-5-3-7-28(33)13-21-35(38)45-24-42-30-15-11-27(23-40)12-16-30/h2-22H,1,24-26H2. The van der Waals surface area contributed by atoms with Crippen molar-refractivity contribution in [1.82, 2.24) is 0 Å². The van der Waals surface area contributed by atoms with Gasteiger partial charge in [-0.15, -0.1) is 0 Å². The van der Waals surface area contributed by atoms with Crippen molar-refractivity contribution in [2.75, 3.05) is 20.4 Å². The van der Waals surface area contributed by atoms with Crippen LogP contribution in [0.2, 0.25) is 0 Å². The predicted molar refractivity (Wildman–Crippen MR) is 179 cm³/mol. The Hall–Kier alpha value is -6.46. The zero-order chi connectivity index (χ0) is 32.4. The summed E-state index contributed by atoms with van der Waals surface area (Å²) in [6.07, 6.45) is 1.07. The first-order valence-electron chi connectivity index (χ1n) is 14.7. The highest BCUT2D eigenvalue weighted by Gasteiger charge is 2.19. The summed E-state index contributed by atoms with van der Waals surface area (Å²) in [7, 11) is 0. The van der Waals surface area contributed by atoms with E-state index in [2.05, 4.69) is 36.9 Å². The van der Waals surface area contributed by atoms with Gasteiger partial charge in [0.1, 0.15) is 28.7 Å². The summed E-state index contributed by atoms with van der Waals surface area (Å²) in [4.78, 5) is 11.2. The monoisotopic (exact) mass is 623 g/mol. The molecule has 0 N–H and O–H groups in total. The number of carbonyl (C=O) groups is 1. The second-order valence-electron chi connectivity index (χ2n) is 10.2. The number of esters is 1. The Labute approximate surface area is 271 Å². The van der Waals surface area contributed by atoms with E-state index in [-0.39, 0.29) is 20.4 Å². The molecule has 6 aromatic rings. The van der Waals surface area contributed by atoms with Gasteiger partial charge < -0.3 is 28.4 Å². The quantitative estimate of drug-likeness (QED) is 0.0719. The third-order valence-electron chi connectivity index (χ3n) is 7.31. The summed E-state index contributed by atoms with van der Waals surface area (Å²) >= 11 is 0. The molecule has 8 heteroatoms. The molecule has 47 heavy (non-hydrogen) atoms. The van der Waals surface area contributed by atoms with E-state index in [9.17, 15) is 4.79 Å². The fourth-order valence-electron chi connectivity index (χ4n) is 5.05. The van der Waals surface area contributed by atoms with Crippen LogP contribution in [0.5, 0.6) is 28.7 Å². The van der Waals surface area contributed by atoms with Gasteiger partial charge in [0, 0.05) is 17.2 Å². The zero-order valence-electron chi connectivity index (χ0n) is 25.3. The van der Waals surface area contributed by atoms with Crippen molar-refractivity contribution in [2.45, 2.75) is 0 Å². The van der Waals surface area contributed by atoms with Gasteiger partial charge in [0.2, 0.25) is 20.4 Å². The number of hydrogen-bond donors (Lipinski definition) is 0. The molecule has 0 atom stereocenters. The van der Waals surface area contributed by atoms with Crippen LogP contribution >= 0.6 is 0 Å². The second kappa shape index (κ2) is 14.5. The van der Waals surface area contributed by atoms with Gasteiger partial charge in [-0.05, 0) is 82.2 Å². The van der Waals surface area contributed by atoms with Gasteiger partial charge in [0.25, 0.3) is 0 Å². The van der Waals surface area contributed by atoms with Crippen LogP contribution in [0.25, 0.3) is 32.7 Å². The van der Waals surface area contributed by atoms with E-state index in [0.717, 1.165) is 38.7 Å². The first-order chi connectivity index (χ1) is 23.1. The molecule has 0 amide bonds. The van der Waals surface area contributed by atoms with E-state index in [1.807, 2.05) is 48.5 Å². The molecule has 0 saturated carbocycles. The molecule has 0 aliphatic rings. The summed E-state index contributed by atoms with van der Waals surface area (Å²) in [5.41, 5.74) is 2.27. The second-order valence-corrected chi connectivity index (χ2v) is 10.2. The van der Waals surface area contributed by atoms with Crippen LogP contribution in [0, 0.1) is 11.3 Å². The number of hydrogen-bond acceptors (Lipinski definition) is 8. The minimum absolute atomic E-state index is 0.0439. The normalized spacial score (nSPS) is 10.5. The van der Waals surface area contributed by atoms with Crippen molar-refractivity contribution in [3.63, 3.8) is 0 Å². The summed E-state index contributed by atoms with van der Waals surface area (Å²) in [6, 6.07) is 40.0. The average Bonchev–Trinajstić information content (AvgIpc) is 3.12. The molecular formula is C39H29NO7. The van der Waals surface area contributed by atoms with Gasteiger partial charge in [-0.3, -0.25) is 0 Å². The number of nitriles is 1. The van der Waals surface area contributed by atoms with Crippen LogP contribution in [-0.2, 0) is 9.53 Å². The molecule has 0 fully saturated rings. The number of carbonyl (C=O) groups excluding carboxylic acids is 1. The van der Waals surface area contributed by atoms with Crippen LogP contribution in [-0.4, -0.2) is 26.3 Å². The van der Waals surface area contributed by atoms with Crippen molar-refractivity contribution in [3.8, 4) is 45.9 Å². The van der Waals surface area contributed by atoms with Crippen molar-refractivity contribution in [3.05, 3.63) is 140 Å². The van der Waals surface area contributed by atoms with E-state index >= 15 is 0 Å². The van der Waals surface area contributed by atoms with Gasteiger partial charge in [0.05, 0.1) is 11.6 Å². The molecule has 0 heterocycles. The molecule has 0 aliphatic carbocycles. The number of nitrogens with zero attached hydrogens (tertiary/aromatic N) is 1. The molecule has 8 nitrogen and oxygen atoms in total. The Balaban J connectivity index is 1.27. The SMILES string of the molecule is C=CC(=O)OCOc1ccc(OCOc2ccc3ccccc3c2-c2c(OCOc3ccc(C#N)cc3)ccc3ccccc23)cc1. The topological polar surface area (TPSA) is 96.2 Å². The molecular weight excluding hydrogens is 594 g/mol. The van der Waals surface area contributed by atoms with E-state index in [1.165, 1.54) is 0 Å². The Morgan fingerprint density at radius 3 is 1.49 bits per heavy atom. The highest BCUT2D eigenvalue weighted by molar-refractivity contribution is 6.09. The molecule has 0 radical (unpaired) electrons. The van der Waals surface area contributed by atoms with E-state index in [4.69, 9.17) is 33.7 Å². The van der Waals surface area contributed by atoms with Gasteiger partial charge in [0.15, 0.2) is 0 Å². The molecule has 0 aromatic heterocycles. The predicted octanol–water partition coefficient (Wildman–Crippen LogP) is 8.43. The fraction of sp³-hybridized carbons (Fsp3) is 0.0769. The van der Waals surface area contributed by atoms with Crippen LogP contribution in [0.4, 0.5) is 0 Å². The summed E-state index contributed by atoms with van der Waals surface area (Å²) in [6.45, 7) is 3.02. The summed E-state index contributed by atoms with van der Waals surface area (Å²) in [5.74, 6) is 2.34. The molecule has 0 aliphatic heterocycles. The van der Waals surface area contributed by atoms with Gasteiger partial charge in [-0.1, -0.05) is 67.2 Å². The zero-order valence-corrected chi connectivity index (χ0v) is 25.3. The van der Waals surface area contributed by atoms with Gasteiger partial charge in [-0.25, -0.2) is 4.79 Å². The van der Waals surface area contributed by atoms with E-state index < -0.39 is 5.97 Å². The van der Waals surface area contributed by atoms with Crippen LogP contribution < -0.4 is 23.7 Å². The molecule has 0 bridgehead atoms. The maximum absolute atomic E-state index is 11.2. The lowest BCUT2D eigenvalue weighted by molar-refractivity contribution is -0.144. The highest BCUT2D eigenvalue weighted by atomic mass is 16.7. The van der Waals surface area contributed by atoms with Crippen LogP contribution in [0.3, 0.4) is 0 Å². The lowest BCUT2D eigenvalue weighted by Crippen LogP contribution is -2.09. The highest BCUT2D eigenvalue weighted by Crippen LogP contribution is 2.45. The lowest BCUT2D eigenvalue weighted by atomic mass is 9.92. The number of benzene rings is 6. The molecule has 232 valence electrons. The Morgan fingerprint density at radius 1 is 0.574 bits per heavy atom. The first kappa shape index (κ1) is 30.6. The smallest absolute Gasteiger partial charge is 0.333 e. The lowest BCUT2D eigenvalue weighted by Gasteiger charge is -2.20. The van der Waals surface area contributed by atoms with Crippen molar-refractivity contribution < 1.29 is 33.2 Å². The molecule has 0 unspecified atom stereocenters. The third-order valence-corrected chi connectivity index (χ3v) is 7.31. The van der Waals surface area contributed by atoms with Crippen molar-refractivity contribution in [2.24, 2.45) is 0 Å². The summed E-state index contributed by atoms with van der Waals surface area (Å²) < 4.78 is 34.6. The molecule has 6 rings (SSSR count). The summed E-state index contributed by atoms with van der Waals surface area (Å²) in [5, 5.41) is 13.1. The van der Waals surface area contributed by atoms with Crippen LogP contribution in [0.15, 0.2) is 134 Å². The largest absolute Gasteiger partial charge is 0.458 e. The third kappa shape index (κ3) is 7.27. The van der Waals surface area contributed by atoms with Crippen molar-refractivity contribution in [1.29, 1.82) is 5.26 Å². The number of ether oxygens (including phenoxy) is 6. The minimum Gasteiger partial charge on any atom is -0.458 e. The first-order valence-corrected chi connectivity index (χ1v) is 14.7. The Morgan fingerprint density at radius 2 is 1.02 bits per heavy atom. The molecule has 6 aromatic carbocycles. The van der Waals surface area contributed by atoms with E-state index in [0.29, 0.717) is 34.3 Å². The maximum Gasteiger partial charge on any atom is 0.333 e. The van der Waals surface area contributed by atoms with Gasteiger partial charge >= 0.3 is 5.97 Å². The van der Waals surface area contributed by atoms with E-state index in [1.54, 1.807) is 48.5 Å². The maximum atomic E-state index is 11.2. The fourth-order valence-corrected chi connectivity index (χ4v) is 5.05.